The molecule has 0 saturated carbocycles. The molecular formula is C7H6N3O+. The lowest BCUT2D eigenvalue weighted by Crippen LogP contribution is -2.19. The van der Waals surface area contributed by atoms with Crippen LogP contribution < -0.4 is 4.54 Å². The zero-order chi connectivity index (χ0) is 7.68. The van der Waals surface area contributed by atoms with Crippen molar-refractivity contribution in [2.75, 3.05) is 0 Å². The average Bonchev–Trinajstić information content (AvgIpc) is 2.04. The van der Waals surface area contributed by atoms with Crippen molar-refractivity contribution in [1.29, 1.82) is 0 Å². The van der Waals surface area contributed by atoms with Gasteiger partial charge in [0.2, 0.25) is 5.52 Å². The minimum absolute atomic E-state index is 0.572. The summed E-state index contributed by atoms with van der Waals surface area (Å²) in [6.45, 7) is 0. The Morgan fingerprint density at radius 2 is 2.18 bits per heavy atom. The van der Waals surface area contributed by atoms with Crippen LogP contribution in [0.3, 0.4) is 0 Å². The molecule has 4 heteroatoms. The van der Waals surface area contributed by atoms with Gasteiger partial charge in [-0.1, -0.05) is 12.1 Å². The first-order valence-electron chi connectivity index (χ1n) is 3.23. The zero-order valence-electron chi connectivity index (χ0n) is 5.69. The average molecular weight is 148 g/mol. The van der Waals surface area contributed by atoms with Crippen LogP contribution >= 0.6 is 0 Å². The summed E-state index contributed by atoms with van der Waals surface area (Å²) in [5, 5.41) is 6.93. The monoisotopic (exact) mass is 148 g/mol. The second-order valence-corrected chi connectivity index (χ2v) is 2.23. The number of para-hydroxylation sites is 1. The predicted octanol–water partition coefficient (Wildman–Crippen LogP) is 0.477. The third kappa shape index (κ3) is 0.980. The van der Waals surface area contributed by atoms with Crippen LogP contribution in [0.4, 0.5) is 0 Å². The third-order valence-electron chi connectivity index (χ3n) is 1.46. The summed E-state index contributed by atoms with van der Waals surface area (Å²) in [5.41, 5.74) is 0.791. The van der Waals surface area contributed by atoms with Crippen molar-refractivity contribution in [3.63, 3.8) is 0 Å². The minimum atomic E-state index is 0.572. The van der Waals surface area contributed by atoms with Crippen molar-refractivity contribution in [3.8, 4) is 0 Å². The molecule has 2 rings (SSSR count). The molecule has 0 spiro atoms. The van der Waals surface area contributed by atoms with Crippen LogP contribution in [0.5, 0.6) is 0 Å². The van der Waals surface area contributed by atoms with Crippen LogP contribution in [0, 0.1) is 4.91 Å². The molecule has 0 radical (unpaired) electrons. The van der Waals surface area contributed by atoms with Crippen molar-refractivity contribution in [2.45, 2.75) is 0 Å². The third-order valence-corrected chi connectivity index (χ3v) is 1.46. The Morgan fingerprint density at radius 1 is 1.36 bits per heavy atom. The Bertz CT molecular complexity index is 435. The van der Waals surface area contributed by atoms with Crippen molar-refractivity contribution in [2.24, 2.45) is 0 Å². The van der Waals surface area contributed by atoms with Crippen LogP contribution in [0.25, 0.3) is 10.9 Å². The fourth-order valence-corrected chi connectivity index (χ4v) is 0.957. The van der Waals surface area contributed by atoms with E-state index in [9.17, 15) is 4.91 Å². The van der Waals surface area contributed by atoms with E-state index in [4.69, 9.17) is 0 Å². The van der Waals surface area contributed by atoms with Gasteiger partial charge >= 0.3 is 0 Å². The molecule has 0 fully saturated rings. The van der Waals surface area contributed by atoms with E-state index in [2.05, 4.69) is 10.3 Å². The molecule has 11 heavy (non-hydrogen) atoms. The molecule has 0 unspecified atom stereocenters. The highest BCUT2D eigenvalue weighted by atomic mass is 16.3. The Balaban J connectivity index is 2.94. The van der Waals surface area contributed by atoms with E-state index in [1.54, 1.807) is 0 Å². The highest BCUT2D eigenvalue weighted by molar-refractivity contribution is 5.75. The molecule has 54 valence electrons. The summed E-state index contributed by atoms with van der Waals surface area (Å²) in [6, 6.07) is 7.42. The number of rotatable bonds is 0. The van der Waals surface area contributed by atoms with Crippen molar-refractivity contribution in [3.05, 3.63) is 35.4 Å². The van der Waals surface area contributed by atoms with E-state index in [1.807, 2.05) is 24.3 Å². The Kier molecular flexibility index (Phi) is 1.18. The van der Waals surface area contributed by atoms with Gasteiger partial charge in [-0.25, -0.2) is 0 Å². The number of nitrogens with zero attached hydrogens (tertiary/aromatic N) is 2. The smallest absolute Gasteiger partial charge is 0.0612 e. The highest BCUT2D eigenvalue weighted by Gasteiger charge is 1.98. The second kappa shape index (κ2) is 2.16. The molecule has 1 aromatic carbocycles. The maximum absolute atomic E-state index is 10.7. The number of fused-ring (bicyclic) bond motifs is 1. The van der Waals surface area contributed by atoms with Gasteiger partial charge in [0, 0.05) is 5.10 Å². The number of H-pyrrole nitrogens is 1. The molecule has 0 aliphatic carbocycles. The number of benzene rings is 1. The molecule has 0 atom stereocenters. The van der Waals surface area contributed by atoms with Gasteiger partial charge in [-0.15, -0.1) is 0 Å². The molecule has 1 aromatic heterocycles. The molecule has 0 aliphatic rings. The first kappa shape index (κ1) is 6.03. The van der Waals surface area contributed by atoms with Crippen LogP contribution in [-0.4, -0.2) is 10.3 Å². The lowest BCUT2D eigenvalue weighted by atomic mass is 10.2. The fraction of sp³-hybridized carbons (Fsp3) is 0. The molecule has 0 aliphatic heterocycles. The lowest BCUT2D eigenvalue weighted by Gasteiger charge is -1.83. The van der Waals surface area contributed by atoms with Crippen LogP contribution in [-0.2, 0) is 0 Å². The highest BCUT2D eigenvalue weighted by Crippen LogP contribution is 2.04. The van der Waals surface area contributed by atoms with Gasteiger partial charge in [0.05, 0.1) is 9.93 Å². The molecule has 0 amide bonds. The van der Waals surface area contributed by atoms with Crippen LogP contribution in [0.2, 0.25) is 0 Å². The summed E-state index contributed by atoms with van der Waals surface area (Å²) in [5.74, 6) is 0. The van der Waals surface area contributed by atoms with Gasteiger partial charge in [-0.2, -0.15) is 0 Å². The van der Waals surface area contributed by atoms with Crippen molar-refractivity contribution in [1.82, 2.24) is 10.3 Å². The van der Waals surface area contributed by atoms with Crippen molar-refractivity contribution < 1.29 is 4.54 Å². The minimum Gasteiger partial charge on any atom is -0.0612 e. The number of hydrogen-bond donors (Lipinski definition) is 1. The normalized spacial score (nSPS) is 10.2. The maximum Gasteiger partial charge on any atom is 0.211 e. The molecule has 2 aromatic rings. The summed E-state index contributed by atoms with van der Waals surface area (Å²) < 4.78 is 0.572. The topological polar surface area (TPSA) is 51.6 Å². The summed E-state index contributed by atoms with van der Waals surface area (Å²) >= 11 is 0. The first-order chi connectivity index (χ1) is 5.36. The van der Waals surface area contributed by atoms with Gasteiger partial charge in [0.15, 0.2) is 6.20 Å². The molecule has 0 saturated heterocycles. The van der Waals surface area contributed by atoms with E-state index in [-0.39, 0.29) is 0 Å². The first-order valence-corrected chi connectivity index (χ1v) is 3.23. The molecule has 1 N–H and O–H groups in total. The van der Waals surface area contributed by atoms with E-state index < -0.39 is 0 Å². The van der Waals surface area contributed by atoms with Gasteiger partial charge in [0.1, 0.15) is 0 Å². The second-order valence-electron chi connectivity index (χ2n) is 2.23. The Hall–Kier alpha value is -1.71. The maximum atomic E-state index is 10.7. The van der Waals surface area contributed by atoms with Gasteiger partial charge in [-0.05, 0) is 22.3 Å². The molecular weight excluding hydrogens is 142 g/mol. The molecule has 4 nitrogen and oxygen atoms in total. The van der Waals surface area contributed by atoms with Crippen molar-refractivity contribution >= 4 is 10.9 Å². The summed E-state index contributed by atoms with van der Waals surface area (Å²) in [7, 11) is 0. The van der Waals surface area contributed by atoms with Crippen LogP contribution in [0.15, 0.2) is 30.5 Å². The summed E-state index contributed by atoms with van der Waals surface area (Å²) in [4.78, 5) is 10.7. The number of nitrogens with one attached hydrogen (secondary N) is 1. The van der Waals surface area contributed by atoms with Crippen LogP contribution in [0.1, 0.15) is 0 Å². The van der Waals surface area contributed by atoms with E-state index in [0.717, 1.165) is 10.9 Å². The van der Waals surface area contributed by atoms with E-state index in [0.29, 0.717) is 4.54 Å². The van der Waals surface area contributed by atoms with E-state index in [1.165, 1.54) is 6.20 Å². The Morgan fingerprint density at radius 3 is 3.09 bits per heavy atom. The van der Waals surface area contributed by atoms with E-state index >= 15 is 0 Å². The Labute approximate surface area is 62.1 Å². The standard InChI is InChI=1S/C7H6N3O/c11-10-5-6-3-1-2-4-7(6)8-9-10/h1-5H,(H,9,11)/q+1. The quantitative estimate of drug-likeness (QED) is 0.552. The number of hydrogen-bond acceptors (Lipinski definition) is 2. The lowest BCUT2D eigenvalue weighted by molar-refractivity contribution is -0.569. The molecule has 1 heterocycles. The summed E-state index contributed by atoms with van der Waals surface area (Å²) in [6.07, 6.45) is 1.45. The largest absolute Gasteiger partial charge is 0.211 e. The van der Waals surface area contributed by atoms with Gasteiger partial charge in [0.25, 0.3) is 0 Å². The zero-order valence-corrected chi connectivity index (χ0v) is 5.69. The predicted molar refractivity (Wildman–Crippen MR) is 39.5 cm³/mol. The van der Waals surface area contributed by atoms with Gasteiger partial charge in [-0.3, -0.25) is 0 Å². The fourth-order valence-electron chi connectivity index (χ4n) is 0.957. The SMILES string of the molecule is O=[n+]1cc2ccccc2n[nH]1. The number of aromatic amines is 1. The van der Waals surface area contributed by atoms with Gasteiger partial charge < -0.3 is 0 Å². The molecule has 0 bridgehead atoms. The number of aromatic nitrogens is 3.